The minimum atomic E-state index is -3.73. The number of aromatic nitrogens is 2. The van der Waals surface area contributed by atoms with Gasteiger partial charge in [0, 0.05) is 22.0 Å². The lowest BCUT2D eigenvalue weighted by Gasteiger charge is -2.07. The van der Waals surface area contributed by atoms with Crippen LogP contribution in [0.25, 0.3) is 11.3 Å². The molecule has 3 aromatic rings. The molecule has 2 aromatic heterocycles. The van der Waals surface area contributed by atoms with E-state index in [4.69, 9.17) is 11.6 Å². The number of nitrogens with one attached hydrogen (secondary N) is 2. The molecule has 0 unspecified atom stereocenters. The Morgan fingerprint density at radius 1 is 1.21 bits per heavy atom. The number of rotatable bonds is 4. The van der Waals surface area contributed by atoms with Gasteiger partial charge in [0.2, 0.25) is 0 Å². The molecule has 3 rings (SSSR count). The Morgan fingerprint density at radius 3 is 2.67 bits per heavy atom. The summed E-state index contributed by atoms with van der Waals surface area (Å²) >= 11 is 7.08. The third kappa shape index (κ3) is 3.50. The highest BCUT2D eigenvalue weighted by Gasteiger charge is 2.18. The zero-order chi connectivity index (χ0) is 17.3. The van der Waals surface area contributed by atoms with Gasteiger partial charge >= 0.3 is 0 Å². The predicted molar refractivity (Wildman–Crippen MR) is 95.2 cm³/mol. The molecule has 0 aliphatic rings. The Balaban J connectivity index is 1.89. The molecule has 0 aliphatic heterocycles. The Kier molecular flexibility index (Phi) is 4.44. The van der Waals surface area contributed by atoms with Crippen molar-refractivity contribution < 1.29 is 8.42 Å². The molecule has 0 radical (unpaired) electrons. The first-order valence-corrected chi connectivity index (χ1v) is 9.53. The van der Waals surface area contributed by atoms with Crippen molar-refractivity contribution in [3.63, 3.8) is 0 Å². The second-order valence-electron chi connectivity index (χ2n) is 5.03. The normalized spacial score (nSPS) is 11.4. The molecule has 6 nitrogen and oxygen atoms in total. The molecule has 0 aliphatic carbocycles. The van der Waals surface area contributed by atoms with Crippen LogP contribution in [0.1, 0.15) is 5.56 Å². The van der Waals surface area contributed by atoms with Crippen LogP contribution in [-0.2, 0) is 10.0 Å². The minimum absolute atomic E-state index is 0.141. The van der Waals surface area contributed by atoms with Gasteiger partial charge in [-0.1, -0.05) is 17.7 Å². The molecule has 24 heavy (non-hydrogen) atoms. The van der Waals surface area contributed by atoms with Crippen LogP contribution in [0.2, 0.25) is 5.02 Å². The van der Waals surface area contributed by atoms with Gasteiger partial charge in [-0.05, 0) is 36.8 Å². The van der Waals surface area contributed by atoms with Crippen LogP contribution in [-0.4, -0.2) is 18.6 Å². The average Bonchev–Trinajstić information content (AvgIpc) is 3.02. The molecule has 0 atom stereocenters. The van der Waals surface area contributed by atoms with Gasteiger partial charge in [-0.3, -0.25) is 9.52 Å². The van der Waals surface area contributed by atoms with Gasteiger partial charge in [-0.25, -0.2) is 13.5 Å². The second kappa shape index (κ2) is 6.39. The monoisotopic (exact) mass is 381 g/mol. The number of benzene rings is 1. The van der Waals surface area contributed by atoms with Crippen molar-refractivity contribution in [3.05, 3.63) is 62.7 Å². The van der Waals surface area contributed by atoms with Crippen molar-refractivity contribution in [2.24, 2.45) is 0 Å². The number of sulfonamides is 1. The van der Waals surface area contributed by atoms with Crippen molar-refractivity contribution in [1.29, 1.82) is 0 Å². The van der Waals surface area contributed by atoms with E-state index in [1.807, 2.05) is 6.92 Å². The lowest BCUT2D eigenvalue weighted by Crippen LogP contribution is -2.11. The first kappa shape index (κ1) is 16.7. The largest absolute Gasteiger partial charge is 0.279 e. The maximum Gasteiger partial charge on any atom is 0.271 e. The molecule has 2 heterocycles. The average molecular weight is 382 g/mol. The number of thiophene rings is 1. The van der Waals surface area contributed by atoms with Gasteiger partial charge in [0.15, 0.2) is 0 Å². The molecule has 0 bridgehead atoms. The first-order chi connectivity index (χ1) is 11.3. The van der Waals surface area contributed by atoms with Crippen molar-refractivity contribution >= 4 is 38.6 Å². The van der Waals surface area contributed by atoms with E-state index in [1.54, 1.807) is 23.6 Å². The van der Waals surface area contributed by atoms with Gasteiger partial charge in [0.1, 0.15) is 4.21 Å². The van der Waals surface area contributed by atoms with Crippen molar-refractivity contribution in [1.82, 2.24) is 10.2 Å². The van der Waals surface area contributed by atoms with Gasteiger partial charge in [-0.15, -0.1) is 11.3 Å². The van der Waals surface area contributed by atoms with Gasteiger partial charge in [-0.2, -0.15) is 5.10 Å². The molecular formula is C15H12ClN3O3S2. The topological polar surface area (TPSA) is 91.9 Å². The van der Waals surface area contributed by atoms with Crippen LogP contribution < -0.4 is 10.3 Å². The molecule has 0 amide bonds. The van der Waals surface area contributed by atoms with Crippen LogP contribution >= 0.6 is 22.9 Å². The SMILES string of the molecule is Cc1ccc(NS(=O)(=O)c2cc(-c3ccc(=O)[nH]n3)cs2)cc1Cl. The highest BCUT2D eigenvalue weighted by Crippen LogP contribution is 2.29. The van der Waals surface area contributed by atoms with Crippen molar-refractivity contribution in [2.75, 3.05) is 4.72 Å². The summed E-state index contributed by atoms with van der Waals surface area (Å²) in [7, 11) is -3.73. The Morgan fingerprint density at radius 2 is 2.00 bits per heavy atom. The smallest absolute Gasteiger partial charge is 0.271 e. The van der Waals surface area contributed by atoms with E-state index in [0.29, 0.717) is 22.0 Å². The van der Waals surface area contributed by atoms with E-state index < -0.39 is 10.0 Å². The molecule has 0 saturated heterocycles. The van der Waals surface area contributed by atoms with Crippen molar-refractivity contribution in [2.45, 2.75) is 11.1 Å². The fourth-order valence-electron chi connectivity index (χ4n) is 1.96. The summed E-state index contributed by atoms with van der Waals surface area (Å²) in [5, 5.41) is 8.35. The lowest BCUT2D eigenvalue weighted by molar-refractivity contribution is 0.603. The summed E-state index contributed by atoms with van der Waals surface area (Å²) in [6, 6.07) is 9.32. The fourth-order valence-corrected chi connectivity index (χ4v) is 4.36. The number of anilines is 1. The maximum atomic E-state index is 12.5. The Hall–Kier alpha value is -2.16. The number of hydrogen-bond donors (Lipinski definition) is 2. The van der Waals surface area contributed by atoms with Crippen LogP contribution in [0.5, 0.6) is 0 Å². The summed E-state index contributed by atoms with van der Waals surface area (Å²) in [6.45, 7) is 1.84. The number of H-pyrrole nitrogens is 1. The van der Waals surface area contributed by atoms with Crippen molar-refractivity contribution in [3.8, 4) is 11.3 Å². The number of nitrogens with zero attached hydrogens (tertiary/aromatic N) is 1. The van der Waals surface area contributed by atoms with E-state index in [-0.39, 0.29) is 9.77 Å². The summed E-state index contributed by atoms with van der Waals surface area (Å²) in [4.78, 5) is 11.0. The standard InChI is InChI=1S/C15H12ClN3O3S2/c1-9-2-3-11(7-12(9)16)19-24(21,22)15-6-10(8-23-15)13-4-5-14(20)18-17-13/h2-8,19H,1H3,(H,18,20). The summed E-state index contributed by atoms with van der Waals surface area (Å²) in [6.07, 6.45) is 0. The van der Waals surface area contributed by atoms with Crippen LogP contribution in [0.4, 0.5) is 5.69 Å². The molecule has 2 N–H and O–H groups in total. The minimum Gasteiger partial charge on any atom is -0.279 e. The molecule has 9 heteroatoms. The first-order valence-electron chi connectivity index (χ1n) is 6.79. The maximum absolute atomic E-state index is 12.5. The molecule has 124 valence electrons. The van der Waals surface area contributed by atoms with E-state index >= 15 is 0 Å². The second-order valence-corrected chi connectivity index (χ2v) is 8.26. The van der Waals surface area contributed by atoms with Gasteiger partial charge < -0.3 is 0 Å². The summed E-state index contributed by atoms with van der Waals surface area (Å²) < 4.78 is 27.6. The predicted octanol–water partition coefficient (Wildman–Crippen LogP) is 3.26. The zero-order valence-electron chi connectivity index (χ0n) is 12.4. The third-order valence-electron chi connectivity index (χ3n) is 3.24. The highest BCUT2D eigenvalue weighted by molar-refractivity contribution is 7.94. The molecular weight excluding hydrogens is 370 g/mol. The van der Waals surface area contributed by atoms with E-state index in [1.165, 1.54) is 18.2 Å². The number of aromatic amines is 1. The fraction of sp³-hybridized carbons (Fsp3) is 0.0667. The van der Waals surface area contributed by atoms with E-state index in [2.05, 4.69) is 14.9 Å². The summed E-state index contributed by atoms with van der Waals surface area (Å²) in [5.41, 5.74) is 2.04. The Bertz CT molecular complexity index is 1040. The number of halogens is 1. The third-order valence-corrected chi connectivity index (χ3v) is 6.47. The summed E-state index contributed by atoms with van der Waals surface area (Å²) in [5.74, 6) is 0. The quantitative estimate of drug-likeness (QED) is 0.725. The van der Waals surface area contributed by atoms with Crippen LogP contribution in [0.3, 0.4) is 0 Å². The lowest BCUT2D eigenvalue weighted by atomic mass is 10.2. The van der Waals surface area contributed by atoms with Crippen LogP contribution in [0, 0.1) is 6.92 Å². The molecule has 0 saturated carbocycles. The molecule has 0 fully saturated rings. The molecule has 0 spiro atoms. The van der Waals surface area contributed by atoms with E-state index in [9.17, 15) is 13.2 Å². The van der Waals surface area contributed by atoms with Gasteiger partial charge in [0.05, 0.1) is 11.4 Å². The Labute approximate surface area is 147 Å². The van der Waals surface area contributed by atoms with E-state index in [0.717, 1.165) is 16.9 Å². The highest BCUT2D eigenvalue weighted by atomic mass is 35.5. The zero-order valence-corrected chi connectivity index (χ0v) is 14.8. The number of aryl methyl sites for hydroxylation is 1. The molecule has 1 aromatic carbocycles. The van der Waals surface area contributed by atoms with Crippen LogP contribution in [0.15, 0.2) is 50.8 Å². The number of hydrogen-bond acceptors (Lipinski definition) is 5. The van der Waals surface area contributed by atoms with Gasteiger partial charge in [0.25, 0.3) is 15.6 Å².